The van der Waals surface area contributed by atoms with E-state index in [4.69, 9.17) is 0 Å². The molecule has 0 atom stereocenters. The van der Waals surface area contributed by atoms with Crippen LogP contribution in [-0.2, 0) is 9.84 Å². The van der Waals surface area contributed by atoms with Crippen molar-refractivity contribution in [2.24, 2.45) is 0 Å². The van der Waals surface area contributed by atoms with Crippen molar-refractivity contribution in [1.29, 1.82) is 0 Å². The van der Waals surface area contributed by atoms with Crippen LogP contribution in [0.25, 0.3) is 88.4 Å². The summed E-state index contributed by atoms with van der Waals surface area (Å²) in [5.41, 5.74) is 11.9. The zero-order valence-electron chi connectivity index (χ0n) is 28.4. The minimum atomic E-state index is -3.72. The average molecular weight is 699 g/mol. The Bertz CT molecular complexity index is 2900. The molecule has 0 radical (unpaired) electrons. The first-order valence-corrected chi connectivity index (χ1v) is 19.2. The molecule has 10 aromatic rings. The summed E-state index contributed by atoms with van der Waals surface area (Å²) >= 11 is 0. The molecule has 3 heterocycles. The molecule has 0 amide bonds. The van der Waals surface area contributed by atoms with Gasteiger partial charge in [0.2, 0.25) is 9.84 Å². The Morgan fingerprint density at radius 1 is 0.321 bits per heavy atom. The molecule has 53 heavy (non-hydrogen) atoms. The monoisotopic (exact) mass is 698 g/mol. The van der Waals surface area contributed by atoms with Gasteiger partial charge in [-0.15, -0.1) is 0 Å². The second kappa shape index (κ2) is 11.2. The lowest BCUT2D eigenvalue weighted by molar-refractivity contribution is 0.599. The van der Waals surface area contributed by atoms with Gasteiger partial charge in [0.25, 0.3) is 0 Å². The third kappa shape index (κ3) is 4.38. The molecule has 11 rings (SSSR count). The Hall–Kier alpha value is -6.69. The van der Waals surface area contributed by atoms with Gasteiger partial charge in [0, 0.05) is 44.0 Å². The molecule has 0 fully saturated rings. The van der Waals surface area contributed by atoms with Gasteiger partial charge in [0.15, 0.2) is 0 Å². The Balaban J connectivity index is 0.925. The van der Waals surface area contributed by atoms with Crippen molar-refractivity contribution in [2.75, 3.05) is 0 Å². The summed E-state index contributed by atoms with van der Waals surface area (Å²) in [4.78, 5) is 0.714. The van der Waals surface area contributed by atoms with E-state index in [9.17, 15) is 8.42 Å². The number of hydrogen-bond acceptors (Lipinski definition) is 2. The molecule has 5 heteroatoms. The SMILES string of the molecule is O=S1(=O)c2cc(-c3ccc(-n4c5ccccc5c5ccccc54)cc3)ccc2-c2ccc(-c3ccc(-n4c5ccccc5c5ccccc54)cc3)cc21. The molecule has 1 aliphatic heterocycles. The minimum Gasteiger partial charge on any atom is -0.309 e. The van der Waals surface area contributed by atoms with Gasteiger partial charge < -0.3 is 9.13 Å². The van der Waals surface area contributed by atoms with Crippen LogP contribution in [0.1, 0.15) is 0 Å². The van der Waals surface area contributed by atoms with Crippen LogP contribution in [0.5, 0.6) is 0 Å². The maximum absolute atomic E-state index is 14.2. The third-order valence-corrected chi connectivity index (χ3v) is 12.7. The molecule has 0 bridgehead atoms. The van der Waals surface area contributed by atoms with E-state index in [1.165, 1.54) is 21.5 Å². The summed E-state index contributed by atoms with van der Waals surface area (Å²) < 4.78 is 32.9. The van der Waals surface area contributed by atoms with Crippen molar-refractivity contribution >= 4 is 53.4 Å². The number of aromatic nitrogens is 2. The fourth-order valence-corrected chi connectivity index (χ4v) is 10.2. The highest BCUT2D eigenvalue weighted by Crippen LogP contribution is 2.46. The summed E-state index contributed by atoms with van der Waals surface area (Å²) in [5.74, 6) is 0. The van der Waals surface area contributed by atoms with E-state index >= 15 is 0 Å². The second-order valence-corrected chi connectivity index (χ2v) is 15.6. The summed E-state index contributed by atoms with van der Waals surface area (Å²) in [6.07, 6.45) is 0. The normalized spacial score (nSPS) is 13.2. The first-order chi connectivity index (χ1) is 26.0. The average Bonchev–Trinajstić information content (AvgIpc) is 3.81. The highest BCUT2D eigenvalue weighted by atomic mass is 32.2. The number of benzene rings is 8. The van der Waals surface area contributed by atoms with Gasteiger partial charge in [0.1, 0.15) is 0 Å². The topological polar surface area (TPSA) is 44.0 Å². The first kappa shape index (κ1) is 30.0. The van der Waals surface area contributed by atoms with Gasteiger partial charge in [-0.05, 0) is 82.9 Å². The quantitative estimate of drug-likeness (QED) is 0.184. The van der Waals surface area contributed by atoms with Crippen LogP contribution in [0.15, 0.2) is 192 Å². The summed E-state index contributed by atoms with van der Waals surface area (Å²) in [6.45, 7) is 0. The van der Waals surface area contributed by atoms with Crippen molar-refractivity contribution in [3.63, 3.8) is 0 Å². The van der Waals surface area contributed by atoms with E-state index in [1.807, 2.05) is 36.4 Å². The molecule has 0 N–H and O–H groups in total. The van der Waals surface area contributed by atoms with Gasteiger partial charge in [-0.1, -0.05) is 121 Å². The molecule has 2 aromatic heterocycles. The number of fused-ring (bicyclic) bond motifs is 9. The predicted octanol–water partition coefficient (Wildman–Crippen LogP) is 12.0. The first-order valence-electron chi connectivity index (χ1n) is 17.8. The Labute approximate surface area is 306 Å². The predicted molar refractivity (Wildman–Crippen MR) is 217 cm³/mol. The molecule has 1 aliphatic rings. The summed E-state index contributed by atoms with van der Waals surface area (Å²) in [6, 6.07) is 62.3. The second-order valence-electron chi connectivity index (χ2n) is 13.8. The molecule has 0 saturated carbocycles. The zero-order valence-corrected chi connectivity index (χ0v) is 29.3. The van der Waals surface area contributed by atoms with E-state index in [-0.39, 0.29) is 0 Å². The van der Waals surface area contributed by atoms with E-state index in [2.05, 4.69) is 155 Å². The van der Waals surface area contributed by atoms with E-state index in [0.29, 0.717) is 9.79 Å². The lowest BCUT2D eigenvalue weighted by atomic mass is 9.98. The van der Waals surface area contributed by atoms with Gasteiger partial charge in [-0.3, -0.25) is 0 Å². The standard InChI is InChI=1S/C48H30N2O2S/c51-53(52)47-29-33(31-17-23-35(24-18-31)49-43-13-5-1-9-37(43)38-10-2-6-14-44(38)49)21-27-41(47)42-28-22-34(30-48(42)53)32-19-25-36(26-20-32)50-45-15-7-3-11-39(45)40-12-4-8-16-46(40)50/h1-30H. The fourth-order valence-electron chi connectivity index (χ4n) is 8.42. The molecular weight excluding hydrogens is 669 g/mol. The molecule has 4 nitrogen and oxygen atoms in total. The number of para-hydroxylation sites is 4. The van der Waals surface area contributed by atoms with Gasteiger partial charge in [0.05, 0.1) is 31.9 Å². The number of sulfone groups is 1. The van der Waals surface area contributed by atoms with Gasteiger partial charge in [-0.2, -0.15) is 0 Å². The molecule has 8 aromatic carbocycles. The number of nitrogens with zero attached hydrogens (tertiary/aromatic N) is 2. The Kier molecular flexibility index (Phi) is 6.31. The molecule has 0 spiro atoms. The lowest BCUT2D eigenvalue weighted by Crippen LogP contribution is -1.98. The van der Waals surface area contributed by atoms with Crippen molar-refractivity contribution in [1.82, 2.24) is 9.13 Å². The van der Waals surface area contributed by atoms with Crippen molar-refractivity contribution in [2.45, 2.75) is 9.79 Å². The third-order valence-electron chi connectivity index (χ3n) is 10.9. The molecular formula is C48H30N2O2S. The maximum atomic E-state index is 14.2. The van der Waals surface area contributed by atoms with Gasteiger partial charge in [-0.25, -0.2) is 8.42 Å². The van der Waals surface area contributed by atoms with Gasteiger partial charge >= 0.3 is 0 Å². The number of rotatable bonds is 4. The van der Waals surface area contributed by atoms with Crippen LogP contribution < -0.4 is 0 Å². The smallest absolute Gasteiger partial charge is 0.207 e. The van der Waals surface area contributed by atoms with Crippen LogP contribution >= 0.6 is 0 Å². The van der Waals surface area contributed by atoms with E-state index in [0.717, 1.165) is 66.8 Å². The maximum Gasteiger partial charge on any atom is 0.207 e. The largest absolute Gasteiger partial charge is 0.309 e. The van der Waals surface area contributed by atoms with E-state index < -0.39 is 9.84 Å². The summed E-state index contributed by atoms with van der Waals surface area (Å²) in [7, 11) is -3.72. The van der Waals surface area contributed by atoms with Crippen LogP contribution in [0.2, 0.25) is 0 Å². The van der Waals surface area contributed by atoms with Crippen LogP contribution in [0, 0.1) is 0 Å². The molecule has 250 valence electrons. The van der Waals surface area contributed by atoms with Crippen molar-refractivity contribution in [3.05, 3.63) is 182 Å². The van der Waals surface area contributed by atoms with Crippen LogP contribution in [0.4, 0.5) is 0 Å². The Morgan fingerprint density at radius 3 is 0.962 bits per heavy atom. The Morgan fingerprint density at radius 2 is 0.623 bits per heavy atom. The summed E-state index contributed by atoms with van der Waals surface area (Å²) in [5, 5.41) is 4.87. The molecule has 0 aliphatic carbocycles. The molecule has 0 saturated heterocycles. The van der Waals surface area contributed by atoms with Crippen molar-refractivity contribution < 1.29 is 8.42 Å². The fraction of sp³-hybridized carbons (Fsp3) is 0. The number of hydrogen-bond donors (Lipinski definition) is 0. The molecule has 0 unspecified atom stereocenters. The highest BCUT2D eigenvalue weighted by Gasteiger charge is 2.33. The zero-order chi connectivity index (χ0) is 35.3. The minimum absolute atomic E-state index is 0.357. The van der Waals surface area contributed by atoms with E-state index in [1.54, 1.807) is 0 Å². The highest BCUT2D eigenvalue weighted by molar-refractivity contribution is 7.92. The van der Waals surface area contributed by atoms with Crippen LogP contribution in [0.3, 0.4) is 0 Å². The van der Waals surface area contributed by atoms with Crippen molar-refractivity contribution in [3.8, 4) is 44.8 Å². The lowest BCUT2D eigenvalue weighted by Gasteiger charge is -2.10. The van der Waals surface area contributed by atoms with Crippen LogP contribution in [-0.4, -0.2) is 17.6 Å².